The zero-order chi connectivity index (χ0) is 15.0. The molecule has 8 heteroatoms. The summed E-state index contributed by atoms with van der Waals surface area (Å²) in [5.74, 6) is -1.29. The number of amides is 4. The molecule has 3 aliphatic rings. The topological polar surface area (TPSA) is 93.2 Å². The van der Waals surface area contributed by atoms with E-state index in [0.717, 1.165) is 6.42 Å². The number of carboxylic acids is 1. The molecule has 2 atom stereocenters. The highest BCUT2D eigenvalue weighted by molar-refractivity contribution is 5.79. The molecule has 0 aromatic heterocycles. The largest absolute Gasteiger partial charge is 0.481 e. The number of piperazine rings is 1. The van der Waals surface area contributed by atoms with Crippen LogP contribution in [0.4, 0.5) is 9.59 Å². The number of carboxylic acid groups (broad SMARTS) is 1. The molecule has 0 spiro atoms. The van der Waals surface area contributed by atoms with Gasteiger partial charge in [-0.2, -0.15) is 0 Å². The summed E-state index contributed by atoms with van der Waals surface area (Å²) >= 11 is 0. The molecule has 0 aliphatic carbocycles. The Bertz CT molecular complexity index is 469. The van der Waals surface area contributed by atoms with Gasteiger partial charge in [0.1, 0.15) is 0 Å². The van der Waals surface area contributed by atoms with Crippen LogP contribution in [-0.2, 0) is 4.79 Å². The predicted molar refractivity (Wildman–Crippen MR) is 72.8 cm³/mol. The molecule has 3 saturated heterocycles. The number of fused-ring (bicyclic) bond motifs is 1. The summed E-state index contributed by atoms with van der Waals surface area (Å²) in [6.45, 7) is 3.04. The monoisotopic (exact) mass is 296 g/mol. The van der Waals surface area contributed by atoms with Crippen LogP contribution in [0.25, 0.3) is 0 Å². The number of hydrogen-bond donors (Lipinski definition) is 2. The van der Waals surface area contributed by atoms with Crippen LogP contribution in [0.3, 0.4) is 0 Å². The van der Waals surface area contributed by atoms with Gasteiger partial charge in [0.25, 0.3) is 0 Å². The summed E-state index contributed by atoms with van der Waals surface area (Å²) in [6.07, 6.45) is 1.36. The molecule has 3 fully saturated rings. The first kappa shape index (κ1) is 14.0. The van der Waals surface area contributed by atoms with E-state index in [2.05, 4.69) is 5.32 Å². The fourth-order valence-electron chi connectivity index (χ4n) is 3.33. The highest BCUT2D eigenvalue weighted by Gasteiger charge is 2.39. The van der Waals surface area contributed by atoms with Gasteiger partial charge in [-0.1, -0.05) is 0 Å². The minimum absolute atomic E-state index is 0.0373. The first-order valence-corrected chi connectivity index (χ1v) is 7.37. The smallest absolute Gasteiger partial charge is 0.320 e. The van der Waals surface area contributed by atoms with Gasteiger partial charge >= 0.3 is 18.0 Å². The van der Waals surface area contributed by atoms with Gasteiger partial charge in [-0.25, -0.2) is 9.59 Å². The van der Waals surface area contributed by atoms with Crippen molar-refractivity contribution in [3.8, 4) is 0 Å². The molecule has 4 amide bonds. The number of likely N-dealkylation sites (tertiary alicyclic amines) is 1. The highest BCUT2D eigenvalue weighted by Crippen LogP contribution is 2.20. The zero-order valence-corrected chi connectivity index (χ0v) is 11.8. The molecule has 3 aliphatic heterocycles. The molecular formula is C13H20N4O4. The van der Waals surface area contributed by atoms with Crippen LogP contribution in [0.2, 0.25) is 0 Å². The van der Waals surface area contributed by atoms with Crippen molar-refractivity contribution in [2.24, 2.45) is 5.92 Å². The normalized spacial score (nSPS) is 29.1. The number of carbonyl (C=O) groups is 3. The lowest BCUT2D eigenvalue weighted by molar-refractivity contribution is -0.143. The molecule has 2 N–H and O–H groups in total. The van der Waals surface area contributed by atoms with Crippen LogP contribution in [0, 0.1) is 5.92 Å². The van der Waals surface area contributed by atoms with Crippen LogP contribution in [0.15, 0.2) is 0 Å². The third-order valence-corrected chi connectivity index (χ3v) is 4.54. The molecule has 0 radical (unpaired) electrons. The minimum atomic E-state index is -0.831. The van der Waals surface area contributed by atoms with Crippen LogP contribution < -0.4 is 5.32 Å². The number of carbonyl (C=O) groups excluding carboxylic acids is 2. The Morgan fingerprint density at radius 1 is 1.14 bits per heavy atom. The molecule has 0 aromatic carbocycles. The number of hydrogen-bond acceptors (Lipinski definition) is 3. The fraction of sp³-hybridized carbons (Fsp3) is 0.769. The standard InChI is InChI=1S/C13H20N4O4/c18-11(19)9-2-1-3-15(7-9)13(21)16-4-5-17-10(8-16)6-14-12(17)20/h9-10H,1-8H2,(H,14,20)(H,18,19)/t9-,10?/m1/s1. The van der Waals surface area contributed by atoms with E-state index in [1.807, 2.05) is 0 Å². The van der Waals surface area contributed by atoms with Crippen molar-refractivity contribution >= 4 is 18.0 Å². The average Bonchev–Trinajstić information content (AvgIpc) is 2.87. The number of aliphatic carboxylic acids is 1. The van der Waals surface area contributed by atoms with Gasteiger partial charge in [0.05, 0.1) is 12.0 Å². The highest BCUT2D eigenvalue weighted by atomic mass is 16.4. The maximum atomic E-state index is 12.5. The van der Waals surface area contributed by atoms with E-state index >= 15 is 0 Å². The van der Waals surface area contributed by atoms with E-state index in [9.17, 15) is 14.4 Å². The van der Waals surface area contributed by atoms with Crippen molar-refractivity contribution in [1.29, 1.82) is 0 Å². The second kappa shape index (κ2) is 5.42. The van der Waals surface area contributed by atoms with Crippen LogP contribution in [-0.4, -0.2) is 83.1 Å². The van der Waals surface area contributed by atoms with Crippen molar-refractivity contribution in [3.05, 3.63) is 0 Å². The fourth-order valence-corrected chi connectivity index (χ4v) is 3.33. The average molecular weight is 296 g/mol. The Balaban J connectivity index is 1.60. The Labute approximate surface area is 122 Å². The third kappa shape index (κ3) is 2.62. The molecule has 0 bridgehead atoms. The van der Waals surface area contributed by atoms with E-state index in [-0.39, 0.29) is 24.6 Å². The minimum Gasteiger partial charge on any atom is -0.481 e. The van der Waals surface area contributed by atoms with Crippen LogP contribution in [0.1, 0.15) is 12.8 Å². The summed E-state index contributed by atoms with van der Waals surface area (Å²) < 4.78 is 0. The van der Waals surface area contributed by atoms with Gasteiger partial charge in [0.2, 0.25) is 0 Å². The predicted octanol–water partition coefficient (Wildman–Crippen LogP) is -0.388. The molecule has 0 saturated carbocycles. The third-order valence-electron chi connectivity index (χ3n) is 4.54. The van der Waals surface area contributed by atoms with E-state index in [0.29, 0.717) is 39.1 Å². The molecule has 116 valence electrons. The number of rotatable bonds is 1. The van der Waals surface area contributed by atoms with Gasteiger partial charge in [0.15, 0.2) is 0 Å². The molecule has 1 unspecified atom stereocenters. The van der Waals surface area contributed by atoms with Gasteiger partial charge in [-0.05, 0) is 12.8 Å². The maximum absolute atomic E-state index is 12.5. The molecule has 8 nitrogen and oxygen atoms in total. The number of nitrogens with zero attached hydrogens (tertiary/aromatic N) is 3. The lowest BCUT2D eigenvalue weighted by Gasteiger charge is -2.40. The summed E-state index contributed by atoms with van der Waals surface area (Å²) in [5.41, 5.74) is 0. The first-order valence-electron chi connectivity index (χ1n) is 7.37. The Kier molecular flexibility index (Phi) is 3.60. The van der Waals surface area contributed by atoms with Gasteiger partial charge in [-0.3, -0.25) is 4.79 Å². The van der Waals surface area contributed by atoms with Gasteiger partial charge in [-0.15, -0.1) is 0 Å². The molecule has 3 heterocycles. The molecule has 3 rings (SSSR count). The molecular weight excluding hydrogens is 276 g/mol. The Morgan fingerprint density at radius 3 is 2.67 bits per heavy atom. The lowest BCUT2D eigenvalue weighted by atomic mass is 9.98. The molecule has 0 aromatic rings. The van der Waals surface area contributed by atoms with E-state index in [1.54, 1.807) is 14.7 Å². The van der Waals surface area contributed by atoms with Crippen molar-refractivity contribution in [2.75, 3.05) is 39.3 Å². The number of urea groups is 2. The Morgan fingerprint density at radius 2 is 1.90 bits per heavy atom. The second-order valence-electron chi connectivity index (χ2n) is 5.89. The van der Waals surface area contributed by atoms with E-state index in [1.165, 1.54) is 0 Å². The first-order chi connectivity index (χ1) is 10.1. The quantitative estimate of drug-likeness (QED) is 0.689. The summed E-state index contributed by atoms with van der Waals surface area (Å²) in [7, 11) is 0. The SMILES string of the molecule is O=C(O)[C@@H]1CCCN(C(=O)N2CCN3C(=O)NCC3C2)C1. The maximum Gasteiger partial charge on any atom is 0.320 e. The zero-order valence-electron chi connectivity index (χ0n) is 11.8. The number of nitrogens with one attached hydrogen (secondary N) is 1. The molecule has 21 heavy (non-hydrogen) atoms. The van der Waals surface area contributed by atoms with Crippen LogP contribution >= 0.6 is 0 Å². The number of piperidine rings is 1. The van der Waals surface area contributed by atoms with Crippen molar-refractivity contribution in [2.45, 2.75) is 18.9 Å². The van der Waals surface area contributed by atoms with Crippen molar-refractivity contribution in [1.82, 2.24) is 20.0 Å². The second-order valence-corrected chi connectivity index (χ2v) is 5.89. The Hall–Kier alpha value is -1.99. The van der Waals surface area contributed by atoms with Crippen molar-refractivity contribution < 1.29 is 19.5 Å². The summed E-state index contributed by atoms with van der Waals surface area (Å²) in [6, 6.07) is -0.119. The van der Waals surface area contributed by atoms with Crippen LogP contribution in [0.5, 0.6) is 0 Å². The van der Waals surface area contributed by atoms with Crippen molar-refractivity contribution in [3.63, 3.8) is 0 Å². The lowest BCUT2D eigenvalue weighted by Crippen LogP contribution is -2.58. The van der Waals surface area contributed by atoms with E-state index in [4.69, 9.17) is 5.11 Å². The van der Waals surface area contributed by atoms with Gasteiger partial charge < -0.3 is 25.1 Å². The van der Waals surface area contributed by atoms with E-state index < -0.39 is 11.9 Å². The summed E-state index contributed by atoms with van der Waals surface area (Å²) in [5, 5.41) is 11.9. The van der Waals surface area contributed by atoms with Gasteiger partial charge in [0, 0.05) is 39.3 Å². The summed E-state index contributed by atoms with van der Waals surface area (Å²) in [4.78, 5) is 40.3.